The molecule has 0 saturated heterocycles. The third-order valence-corrected chi connectivity index (χ3v) is 5.96. The quantitative estimate of drug-likeness (QED) is 0.371. The number of urea groups is 1. The molecular weight excluding hydrogens is 545 g/mol. The summed E-state index contributed by atoms with van der Waals surface area (Å²) in [6.07, 6.45) is -9.73. The van der Waals surface area contributed by atoms with Crippen molar-refractivity contribution in [3.05, 3.63) is 94.3 Å². The van der Waals surface area contributed by atoms with E-state index in [4.69, 9.17) is 11.6 Å². The van der Waals surface area contributed by atoms with Crippen molar-refractivity contribution in [3.8, 4) is 0 Å². The average Bonchev–Trinajstić information content (AvgIpc) is 2.85. The van der Waals surface area contributed by atoms with Crippen LogP contribution in [0, 0.1) is 0 Å². The normalized spacial score (nSPS) is 14.5. The Balaban J connectivity index is 1.80. The Labute approximate surface area is 215 Å². The molecule has 0 bridgehead atoms. The van der Waals surface area contributed by atoms with E-state index in [9.17, 15) is 40.3 Å². The molecule has 2 heterocycles. The number of rotatable bonds is 5. The van der Waals surface area contributed by atoms with Gasteiger partial charge in [-0.1, -0.05) is 29.8 Å². The summed E-state index contributed by atoms with van der Waals surface area (Å²) in [7, 11) is 0. The van der Waals surface area contributed by atoms with E-state index >= 15 is 0 Å². The van der Waals surface area contributed by atoms with Crippen LogP contribution in [-0.4, -0.2) is 34.3 Å². The van der Waals surface area contributed by atoms with Crippen LogP contribution >= 0.6 is 11.6 Å². The molecule has 3 amide bonds. The van der Waals surface area contributed by atoms with Gasteiger partial charge in [-0.15, -0.1) is 0 Å². The van der Waals surface area contributed by atoms with Gasteiger partial charge in [0, 0.05) is 35.1 Å². The van der Waals surface area contributed by atoms with Crippen LogP contribution in [0.1, 0.15) is 27.0 Å². The van der Waals surface area contributed by atoms with E-state index in [1.807, 2.05) is 0 Å². The van der Waals surface area contributed by atoms with Crippen LogP contribution < -0.4 is 10.3 Å². The zero-order valence-electron chi connectivity index (χ0n) is 18.9. The molecule has 0 aliphatic carbocycles. The first-order valence-corrected chi connectivity index (χ1v) is 11.1. The summed E-state index contributed by atoms with van der Waals surface area (Å²) in [5.41, 5.74) is -4.91. The highest BCUT2D eigenvalue weighted by molar-refractivity contribution is 6.31. The van der Waals surface area contributed by atoms with Crippen molar-refractivity contribution in [2.75, 3.05) is 4.90 Å². The Bertz CT molecular complexity index is 1350. The molecule has 0 fully saturated rings. The number of nitrogens with zero attached hydrogens (tertiary/aromatic N) is 3. The number of hydrogen-bond acceptors (Lipinski definition) is 4. The molecule has 6 nitrogen and oxygen atoms in total. The number of hydrazine groups is 1. The van der Waals surface area contributed by atoms with Gasteiger partial charge in [0.15, 0.2) is 0 Å². The lowest BCUT2D eigenvalue weighted by Crippen LogP contribution is -2.55. The highest BCUT2D eigenvalue weighted by Gasteiger charge is 2.73. The second-order valence-corrected chi connectivity index (χ2v) is 8.65. The van der Waals surface area contributed by atoms with Crippen LogP contribution in [0.15, 0.2) is 67.0 Å². The Morgan fingerprint density at radius 2 is 1.68 bits per heavy atom. The number of benzene rings is 2. The number of carbonyl (C=O) groups is 2. The van der Waals surface area contributed by atoms with Crippen LogP contribution in [0.5, 0.6) is 0 Å². The molecule has 4 rings (SSSR count). The second kappa shape index (κ2) is 9.87. The lowest BCUT2D eigenvalue weighted by molar-refractivity contribution is -0.348. The topological polar surface area (TPSA) is 65.5 Å². The minimum atomic E-state index is -6.33. The van der Waals surface area contributed by atoms with Crippen molar-refractivity contribution in [2.24, 2.45) is 0 Å². The van der Waals surface area contributed by atoms with Crippen molar-refractivity contribution in [3.63, 3.8) is 0 Å². The number of imide groups is 1. The lowest BCUT2D eigenvalue weighted by atomic mass is 9.91. The number of amides is 3. The molecule has 1 N–H and O–H groups in total. The molecule has 0 saturated carbocycles. The zero-order chi connectivity index (χ0) is 27.9. The summed E-state index contributed by atoms with van der Waals surface area (Å²) < 4.78 is 95.0. The van der Waals surface area contributed by atoms with Gasteiger partial charge in [-0.25, -0.2) is 19.5 Å². The Morgan fingerprint density at radius 3 is 2.29 bits per heavy atom. The summed E-state index contributed by atoms with van der Waals surface area (Å²) in [5.74, 6) is -0.961. The van der Waals surface area contributed by atoms with Gasteiger partial charge in [0.2, 0.25) is 0 Å². The number of alkyl halides is 7. The molecule has 200 valence electrons. The maximum absolute atomic E-state index is 14.8. The molecule has 1 aliphatic rings. The molecule has 0 spiro atoms. The van der Waals surface area contributed by atoms with Crippen molar-refractivity contribution >= 4 is 29.2 Å². The number of carbonyl (C=O) groups excluding carboxylic acids is 2. The zero-order valence-corrected chi connectivity index (χ0v) is 19.7. The molecule has 1 aromatic heterocycles. The molecule has 38 heavy (non-hydrogen) atoms. The van der Waals surface area contributed by atoms with Crippen LogP contribution in [0.2, 0.25) is 5.02 Å². The predicted molar refractivity (Wildman–Crippen MR) is 122 cm³/mol. The molecular formula is C24H16ClF7N4O2. The van der Waals surface area contributed by atoms with Crippen LogP contribution in [-0.2, 0) is 18.8 Å². The van der Waals surface area contributed by atoms with Gasteiger partial charge in [-0.3, -0.25) is 14.8 Å². The van der Waals surface area contributed by atoms with E-state index in [0.717, 1.165) is 5.01 Å². The van der Waals surface area contributed by atoms with E-state index in [1.165, 1.54) is 36.7 Å². The maximum atomic E-state index is 14.8. The van der Waals surface area contributed by atoms with Gasteiger partial charge in [-0.05, 0) is 47.5 Å². The van der Waals surface area contributed by atoms with Gasteiger partial charge in [0.25, 0.3) is 5.91 Å². The van der Waals surface area contributed by atoms with E-state index in [0.29, 0.717) is 22.6 Å². The van der Waals surface area contributed by atoms with Crippen molar-refractivity contribution in [2.45, 2.75) is 31.1 Å². The summed E-state index contributed by atoms with van der Waals surface area (Å²) in [4.78, 5) is 31.1. The highest BCUT2D eigenvalue weighted by atomic mass is 35.5. The van der Waals surface area contributed by atoms with E-state index in [1.54, 1.807) is 12.1 Å². The minimum Gasteiger partial charge on any atom is -0.268 e. The van der Waals surface area contributed by atoms with Gasteiger partial charge in [0.1, 0.15) is 0 Å². The van der Waals surface area contributed by atoms with Gasteiger partial charge in [0.05, 0.1) is 12.2 Å². The standard InChI is InChI=1S/C24H16ClF7N4O2/c25-18-5-1-4-15(10-18)20(37)36-19-7-6-17(22(26,23(27,28)29)24(30,31)32)9-16(19)13-35(21(36)38)34-12-14-3-2-8-33-11-14/h1-11,34H,12-13H2. The lowest BCUT2D eigenvalue weighted by Gasteiger charge is -2.37. The highest BCUT2D eigenvalue weighted by Crippen LogP contribution is 2.53. The first kappa shape index (κ1) is 27.3. The summed E-state index contributed by atoms with van der Waals surface area (Å²) in [6, 6.07) is 8.95. The Morgan fingerprint density at radius 1 is 0.974 bits per heavy atom. The molecule has 0 radical (unpaired) electrons. The molecule has 14 heteroatoms. The fourth-order valence-electron chi connectivity index (χ4n) is 3.85. The fourth-order valence-corrected chi connectivity index (χ4v) is 4.04. The van der Waals surface area contributed by atoms with Crippen LogP contribution in [0.3, 0.4) is 0 Å². The van der Waals surface area contributed by atoms with E-state index in [2.05, 4.69) is 10.4 Å². The second-order valence-electron chi connectivity index (χ2n) is 8.21. The fraction of sp³-hybridized carbons (Fsp3) is 0.208. The maximum Gasteiger partial charge on any atom is 0.435 e. The monoisotopic (exact) mass is 560 g/mol. The number of halogens is 8. The number of anilines is 1. The van der Waals surface area contributed by atoms with Gasteiger partial charge in [-0.2, -0.15) is 26.3 Å². The minimum absolute atomic E-state index is 0.0358. The van der Waals surface area contributed by atoms with Crippen molar-refractivity contribution < 1.29 is 40.3 Å². The van der Waals surface area contributed by atoms with Crippen LogP contribution in [0.4, 0.5) is 41.2 Å². The first-order chi connectivity index (χ1) is 17.7. The average molecular weight is 561 g/mol. The predicted octanol–water partition coefficient (Wildman–Crippen LogP) is 6.31. The molecule has 1 aliphatic heterocycles. The van der Waals surface area contributed by atoms with Crippen molar-refractivity contribution in [1.82, 2.24) is 15.4 Å². The van der Waals surface area contributed by atoms with Gasteiger partial charge < -0.3 is 0 Å². The van der Waals surface area contributed by atoms with E-state index < -0.39 is 42.1 Å². The smallest absolute Gasteiger partial charge is 0.268 e. The molecule has 0 atom stereocenters. The Hall–Kier alpha value is -3.71. The summed E-state index contributed by atoms with van der Waals surface area (Å²) in [6.45, 7) is -0.612. The number of fused-ring (bicyclic) bond motifs is 1. The SMILES string of the molecule is O=C(c1cccc(Cl)c1)N1C(=O)N(NCc2cccnc2)Cc2cc(C(F)(C(F)(F)F)C(F)(F)F)ccc21. The number of hydrogen-bond donors (Lipinski definition) is 1. The Kier molecular flexibility index (Phi) is 7.10. The molecule has 2 aromatic carbocycles. The summed E-state index contributed by atoms with van der Waals surface area (Å²) in [5, 5.41) is 0.961. The third kappa shape index (κ3) is 4.90. The number of aromatic nitrogens is 1. The summed E-state index contributed by atoms with van der Waals surface area (Å²) >= 11 is 5.93. The largest absolute Gasteiger partial charge is 0.435 e. The van der Waals surface area contributed by atoms with Gasteiger partial charge >= 0.3 is 24.1 Å². The van der Waals surface area contributed by atoms with Crippen LogP contribution in [0.25, 0.3) is 0 Å². The third-order valence-electron chi connectivity index (χ3n) is 5.72. The number of nitrogens with one attached hydrogen (secondary N) is 1. The molecule has 3 aromatic rings. The van der Waals surface area contributed by atoms with Crippen molar-refractivity contribution in [1.29, 1.82) is 0 Å². The van der Waals surface area contributed by atoms with E-state index in [-0.39, 0.29) is 34.4 Å². The molecule has 0 unspecified atom stereocenters. The first-order valence-electron chi connectivity index (χ1n) is 10.7. The number of pyridine rings is 1.